The molecule has 24 heavy (non-hydrogen) atoms. The molecule has 3 rings (SSSR count). The van der Waals surface area contributed by atoms with Gasteiger partial charge >= 0.3 is 0 Å². The molecule has 0 spiro atoms. The molecule has 0 saturated carbocycles. The lowest BCUT2D eigenvalue weighted by Gasteiger charge is -2.15. The Morgan fingerprint density at radius 1 is 1.04 bits per heavy atom. The molecule has 0 unspecified atom stereocenters. The van der Waals surface area contributed by atoms with E-state index in [1.54, 1.807) is 11.9 Å². The summed E-state index contributed by atoms with van der Waals surface area (Å²) in [6.45, 7) is 7.11. The smallest absolute Gasteiger partial charge is 0.0446 e. The number of anilines is 1. The summed E-state index contributed by atoms with van der Waals surface area (Å²) < 4.78 is 3.28. The van der Waals surface area contributed by atoms with Gasteiger partial charge in [0, 0.05) is 29.7 Å². The van der Waals surface area contributed by atoms with Crippen LogP contribution in [-0.2, 0) is 6.54 Å². The molecule has 0 radical (unpaired) electrons. The molecule has 0 aliphatic carbocycles. The van der Waals surface area contributed by atoms with Crippen molar-refractivity contribution in [1.29, 1.82) is 0 Å². The zero-order chi connectivity index (χ0) is 16.9. The lowest BCUT2D eigenvalue weighted by Crippen LogP contribution is -2.12. The zero-order valence-electron chi connectivity index (χ0n) is 14.1. The molecule has 0 aromatic heterocycles. The van der Waals surface area contributed by atoms with Crippen LogP contribution in [0.2, 0.25) is 0 Å². The summed E-state index contributed by atoms with van der Waals surface area (Å²) in [4.78, 5) is 0. The molecule has 0 heterocycles. The van der Waals surface area contributed by atoms with Crippen molar-refractivity contribution >= 4 is 34.1 Å². The van der Waals surface area contributed by atoms with Crippen LogP contribution in [0.15, 0.2) is 67.2 Å². The molecule has 3 aromatic rings. The van der Waals surface area contributed by atoms with Crippen LogP contribution in [0.4, 0.5) is 5.69 Å². The Kier molecular flexibility index (Phi) is 5.11. The Labute approximate surface area is 148 Å². The molecular weight excluding hydrogens is 312 g/mol. The number of fused-ring (bicyclic) bond motifs is 1. The number of nitrogens with one attached hydrogen (secondary N) is 2. The van der Waals surface area contributed by atoms with E-state index in [-0.39, 0.29) is 0 Å². The van der Waals surface area contributed by atoms with Gasteiger partial charge in [0.15, 0.2) is 0 Å². The van der Waals surface area contributed by atoms with E-state index in [1.165, 1.54) is 21.9 Å². The fourth-order valence-corrected chi connectivity index (χ4v) is 3.23. The van der Waals surface area contributed by atoms with Gasteiger partial charge in [-0.1, -0.05) is 67.1 Å². The molecule has 0 aliphatic heterocycles. The largest absolute Gasteiger partial charge is 0.381 e. The van der Waals surface area contributed by atoms with Crippen molar-refractivity contribution in [1.82, 2.24) is 5.32 Å². The fraction of sp³-hybridized carbons (Fsp3) is 0.143. The van der Waals surface area contributed by atoms with Gasteiger partial charge in [-0.2, -0.15) is 0 Å². The second-order valence-electron chi connectivity index (χ2n) is 5.81. The van der Waals surface area contributed by atoms with E-state index in [0.29, 0.717) is 0 Å². The maximum Gasteiger partial charge on any atom is 0.0446 e. The van der Waals surface area contributed by atoms with Gasteiger partial charge in [-0.25, -0.2) is 0 Å². The first-order valence-electron chi connectivity index (χ1n) is 7.98. The van der Waals surface area contributed by atoms with Crippen LogP contribution < -0.4 is 10.0 Å². The molecule has 0 saturated heterocycles. The number of benzene rings is 3. The normalized spacial score (nSPS) is 10.6. The molecule has 0 bridgehead atoms. The highest BCUT2D eigenvalue weighted by Crippen LogP contribution is 2.23. The maximum absolute atomic E-state index is 4.24. The Balaban J connectivity index is 1.79. The summed E-state index contributed by atoms with van der Waals surface area (Å²) >= 11 is 1.59. The second-order valence-corrected chi connectivity index (χ2v) is 6.42. The van der Waals surface area contributed by atoms with Crippen molar-refractivity contribution in [2.24, 2.45) is 0 Å². The molecular formula is C21H22N2S. The Bertz CT molecular complexity index is 865. The Morgan fingerprint density at radius 2 is 1.83 bits per heavy atom. The standard InChI is InChI=1S/C21H22N2S/c1-15-11-12-19(23-24-3)13-21(15)16(2)22-14-18-9-6-8-17-7-4-5-10-20(17)18/h4-13,22-23H,2,14H2,1,3H3. The van der Waals surface area contributed by atoms with Crippen LogP contribution in [0.3, 0.4) is 0 Å². The third kappa shape index (κ3) is 3.57. The van der Waals surface area contributed by atoms with Gasteiger partial charge in [0.25, 0.3) is 0 Å². The van der Waals surface area contributed by atoms with Crippen LogP contribution in [0, 0.1) is 6.92 Å². The van der Waals surface area contributed by atoms with E-state index < -0.39 is 0 Å². The average Bonchev–Trinajstić information content (AvgIpc) is 2.61. The van der Waals surface area contributed by atoms with Crippen molar-refractivity contribution in [3.63, 3.8) is 0 Å². The minimum absolute atomic E-state index is 0.764. The third-order valence-corrected chi connectivity index (χ3v) is 4.59. The molecule has 0 atom stereocenters. The average molecular weight is 334 g/mol. The molecule has 0 amide bonds. The number of aryl methyl sites for hydroxylation is 1. The minimum atomic E-state index is 0.764. The zero-order valence-corrected chi connectivity index (χ0v) is 14.9. The molecule has 122 valence electrons. The van der Waals surface area contributed by atoms with E-state index in [9.17, 15) is 0 Å². The maximum atomic E-state index is 4.24. The van der Waals surface area contributed by atoms with Gasteiger partial charge in [0.1, 0.15) is 0 Å². The summed E-state index contributed by atoms with van der Waals surface area (Å²) in [5, 5.41) is 6.04. The van der Waals surface area contributed by atoms with Crippen molar-refractivity contribution in [2.75, 3.05) is 11.0 Å². The molecule has 2 nitrogen and oxygen atoms in total. The van der Waals surface area contributed by atoms with E-state index in [2.05, 4.69) is 84.2 Å². The lowest BCUT2D eigenvalue weighted by molar-refractivity contribution is 0.898. The first-order valence-corrected chi connectivity index (χ1v) is 9.21. The summed E-state index contributed by atoms with van der Waals surface area (Å²) in [5.74, 6) is 0. The summed E-state index contributed by atoms with van der Waals surface area (Å²) in [6.07, 6.45) is 2.02. The highest BCUT2D eigenvalue weighted by atomic mass is 32.2. The molecule has 0 aliphatic rings. The Hall–Kier alpha value is -2.39. The molecule has 0 fully saturated rings. The molecule has 3 heteroatoms. The van der Waals surface area contributed by atoms with Gasteiger partial charge in [-0.05, 0) is 41.0 Å². The van der Waals surface area contributed by atoms with Crippen LogP contribution in [-0.4, -0.2) is 6.26 Å². The van der Waals surface area contributed by atoms with Gasteiger partial charge in [-0.15, -0.1) is 0 Å². The van der Waals surface area contributed by atoms with E-state index in [4.69, 9.17) is 0 Å². The topological polar surface area (TPSA) is 24.1 Å². The quantitative estimate of drug-likeness (QED) is 0.574. The van der Waals surface area contributed by atoms with Crippen molar-refractivity contribution in [3.8, 4) is 0 Å². The van der Waals surface area contributed by atoms with Gasteiger partial charge in [0.05, 0.1) is 0 Å². The lowest BCUT2D eigenvalue weighted by atomic mass is 10.0. The monoisotopic (exact) mass is 334 g/mol. The van der Waals surface area contributed by atoms with Crippen molar-refractivity contribution in [2.45, 2.75) is 13.5 Å². The highest BCUT2D eigenvalue weighted by Gasteiger charge is 2.06. The van der Waals surface area contributed by atoms with Crippen LogP contribution in [0.5, 0.6) is 0 Å². The summed E-state index contributed by atoms with van der Waals surface area (Å²) in [6, 6.07) is 21.3. The van der Waals surface area contributed by atoms with Crippen LogP contribution >= 0.6 is 11.9 Å². The molecule has 3 aromatic carbocycles. The Morgan fingerprint density at radius 3 is 2.67 bits per heavy atom. The van der Waals surface area contributed by atoms with Crippen molar-refractivity contribution in [3.05, 3.63) is 83.9 Å². The van der Waals surface area contributed by atoms with Gasteiger partial charge in [0.2, 0.25) is 0 Å². The first-order chi connectivity index (χ1) is 11.7. The third-order valence-electron chi connectivity index (χ3n) is 4.15. The van der Waals surface area contributed by atoms with E-state index >= 15 is 0 Å². The van der Waals surface area contributed by atoms with Crippen LogP contribution in [0.25, 0.3) is 16.5 Å². The predicted molar refractivity (Wildman–Crippen MR) is 108 cm³/mol. The van der Waals surface area contributed by atoms with Gasteiger partial charge in [-0.3, -0.25) is 0 Å². The first kappa shape index (κ1) is 16.5. The summed E-state index contributed by atoms with van der Waals surface area (Å²) in [7, 11) is 0. The van der Waals surface area contributed by atoms with E-state index in [0.717, 1.165) is 23.5 Å². The van der Waals surface area contributed by atoms with Crippen molar-refractivity contribution < 1.29 is 0 Å². The molecule has 2 N–H and O–H groups in total. The van der Waals surface area contributed by atoms with Gasteiger partial charge < -0.3 is 10.0 Å². The highest BCUT2D eigenvalue weighted by molar-refractivity contribution is 7.99. The predicted octanol–water partition coefficient (Wildman–Crippen LogP) is 5.60. The van der Waals surface area contributed by atoms with E-state index in [1.807, 2.05) is 6.26 Å². The number of rotatable bonds is 6. The van der Waals surface area contributed by atoms with Crippen LogP contribution in [0.1, 0.15) is 16.7 Å². The number of hydrogen-bond donors (Lipinski definition) is 2. The number of hydrogen-bond acceptors (Lipinski definition) is 3. The SMILES string of the molecule is C=C(NCc1cccc2ccccc12)c1cc(NSC)ccc1C. The minimum Gasteiger partial charge on any atom is -0.381 e. The fourth-order valence-electron chi connectivity index (χ4n) is 2.87. The summed E-state index contributed by atoms with van der Waals surface area (Å²) in [5.41, 5.74) is 5.69. The second kappa shape index (κ2) is 7.45.